The number of hydrogen-bond donors (Lipinski definition) is 0. The van der Waals surface area contributed by atoms with Crippen molar-refractivity contribution in [3.8, 4) is 0 Å². The summed E-state index contributed by atoms with van der Waals surface area (Å²) < 4.78 is 23.4. The molecule has 0 heterocycles. The van der Waals surface area contributed by atoms with Crippen molar-refractivity contribution in [1.82, 2.24) is 0 Å². The van der Waals surface area contributed by atoms with Crippen LogP contribution in [-0.4, -0.2) is 19.4 Å². The van der Waals surface area contributed by atoms with Crippen molar-refractivity contribution in [2.45, 2.75) is 51.7 Å². The van der Waals surface area contributed by atoms with Gasteiger partial charge < -0.3 is 0 Å². The molecule has 1 aromatic rings. The Hall–Kier alpha value is -0.830. The maximum absolute atomic E-state index is 11.7. The molecule has 0 aliphatic carbocycles. The molecule has 0 bridgehead atoms. The zero-order valence-corrected chi connectivity index (χ0v) is 12.6. The Morgan fingerprint density at radius 2 is 1.61 bits per heavy atom. The number of rotatable bonds is 6. The molecule has 1 rings (SSSR count). The molecule has 2 nitrogen and oxygen atoms in total. The van der Waals surface area contributed by atoms with Crippen LogP contribution in [0.5, 0.6) is 0 Å². The first kappa shape index (κ1) is 15.2. The molecule has 0 fully saturated rings. The van der Waals surface area contributed by atoms with E-state index in [2.05, 4.69) is 38.1 Å². The van der Waals surface area contributed by atoms with Gasteiger partial charge in [0.25, 0.3) is 0 Å². The standard InChI is InChI=1S/C15H24O2S/c1-12(2)18(16,17)11-5-6-14(4)15-9-7-13(3)8-10-15/h7-10,12,14H,5-6,11H2,1-4H3/t14-/m1/s1. The summed E-state index contributed by atoms with van der Waals surface area (Å²) in [6, 6.07) is 8.49. The zero-order chi connectivity index (χ0) is 13.8. The molecule has 0 amide bonds. The minimum Gasteiger partial charge on any atom is -0.229 e. The van der Waals surface area contributed by atoms with E-state index in [-0.39, 0.29) is 5.25 Å². The molecule has 0 aromatic heterocycles. The van der Waals surface area contributed by atoms with Gasteiger partial charge in [0.05, 0.1) is 11.0 Å². The summed E-state index contributed by atoms with van der Waals surface area (Å²) in [4.78, 5) is 0. The molecule has 0 saturated heterocycles. The average Bonchev–Trinajstić information content (AvgIpc) is 2.29. The van der Waals surface area contributed by atoms with Gasteiger partial charge in [-0.25, -0.2) is 8.42 Å². The van der Waals surface area contributed by atoms with Crippen LogP contribution >= 0.6 is 0 Å². The predicted octanol–water partition coefficient (Wildman–Crippen LogP) is 3.70. The minimum absolute atomic E-state index is 0.257. The van der Waals surface area contributed by atoms with Gasteiger partial charge in [0.2, 0.25) is 0 Å². The van der Waals surface area contributed by atoms with Crippen molar-refractivity contribution in [3.63, 3.8) is 0 Å². The van der Waals surface area contributed by atoms with E-state index in [0.29, 0.717) is 11.7 Å². The fraction of sp³-hybridized carbons (Fsp3) is 0.600. The Balaban J connectivity index is 2.47. The Morgan fingerprint density at radius 3 is 2.11 bits per heavy atom. The van der Waals surface area contributed by atoms with E-state index in [1.54, 1.807) is 13.8 Å². The second kappa shape index (κ2) is 6.37. The van der Waals surface area contributed by atoms with Crippen molar-refractivity contribution in [2.75, 3.05) is 5.75 Å². The molecule has 1 aromatic carbocycles. The number of sulfone groups is 1. The lowest BCUT2D eigenvalue weighted by atomic mass is 9.96. The van der Waals surface area contributed by atoms with Gasteiger partial charge in [-0.1, -0.05) is 36.8 Å². The number of benzene rings is 1. The molecule has 0 saturated carbocycles. The van der Waals surface area contributed by atoms with Crippen LogP contribution in [0.3, 0.4) is 0 Å². The zero-order valence-electron chi connectivity index (χ0n) is 11.8. The monoisotopic (exact) mass is 268 g/mol. The van der Waals surface area contributed by atoms with Gasteiger partial charge in [0, 0.05) is 0 Å². The minimum atomic E-state index is -2.88. The highest BCUT2D eigenvalue weighted by Gasteiger charge is 2.16. The van der Waals surface area contributed by atoms with E-state index in [1.807, 2.05) is 0 Å². The maximum atomic E-state index is 11.7. The SMILES string of the molecule is Cc1ccc([C@H](C)CCCS(=O)(=O)C(C)C)cc1. The lowest BCUT2D eigenvalue weighted by Gasteiger charge is -2.13. The third-order valence-electron chi connectivity index (χ3n) is 3.43. The second-order valence-electron chi connectivity index (χ2n) is 5.37. The fourth-order valence-corrected chi connectivity index (χ4v) is 2.93. The van der Waals surface area contributed by atoms with Gasteiger partial charge in [-0.2, -0.15) is 0 Å². The third-order valence-corrected chi connectivity index (χ3v) is 5.72. The lowest BCUT2D eigenvalue weighted by molar-refractivity contribution is 0.578. The van der Waals surface area contributed by atoms with Crippen LogP contribution in [0.2, 0.25) is 0 Å². The van der Waals surface area contributed by atoms with Crippen LogP contribution in [0.4, 0.5) is 0 Å². The van der Waals surface area contributed by atoms with Gasteiger partial charge in [0.15, 0.2) is 9.84 Å². The summed E-state index contributed by atoms with van der Waals surface area (Å²) in [7, 11) is -2.88. The maximum Gasteiger partial charge on any atom is 0.152 e. The van der Waals surface area contributed by atoms with Crippen molar-refractivity contribution in [2.24, 2.45) is 0 Å². The molecular weight excluding hydrogens is 244 g/mol. The van der Waals surface area contributed by atoms with E-state index < -0.39 is 9.84 Å². The number of hydrogen-bond acceptors (Lipinski definition) is 2. The predicted molar refractivity (Wildman–Crippen MR) is 77.8 cm³/mol. The topological polar surface area (TPSA) is 34.1 Å². The first-order chi connectivity index (χ1) is 8.33. The second-order valence-corrected chi connectivity index (χ2v) is 8.05. The molecule has 0 aliphatic rings. The molecule has 1 atom stereocenters. The molecule has 0 aliphatic heterocycles. The van der Waals surface area contributed by atoms with Gasteiger partial charge >= 0.3 is 0 Å². The largest absolute Gasteiger partial charge is 0.229 e. The van der Waals surface area contributed by atoms with E-state index in [0.717, 1.165) is 12.8 Å². The van der Waals surface area contributed by atoms with Gasteiger partial charge in [-0.05, 0) is 45.1 Å². The van der Waals surface area contributed by atoms with Crippen LogP contribution in [0.25, 0.3) is 0 Å². The van der Waals surface area contributed by atoms with Crippen molar-refractivity contribution in [1.29, 1.82) is 0 Å². The van der Waals surface area contributed by atoms with Crippen LogP contribution in [0.1, 0.15) is 50.7 Å². The summed E-state index contributed by atoms with van der Waals surface area (Å²) in [5.74, 6) is 0.730. The molecule has 0 radical (unpaired) electrons. The molecule has 102 valence electrons. The van der Waals surface area contributed by atoms with Crippen LogP contribution in [0, 0.1) is 6.92 Å². The Kier molecular flexibility index (Phi) is 5.39. The van der Waals surface area contributed by atoms with E-state index in [1.165, 1.54) is 11.1 Å². The third kappa shape index (κ3) is 4.45. The van der Waals surface area contributed by atoms with Crippen LogP contribution < -0.4 is 0 Å². The molecule has 18 heavy (non-hydrogen) atoms. The Bertz CT molecular complexity index is 458. The molecule has 3 heteroatoms. The molecular formula is C15H24O2S. The smallest absolute Gasteiger partial charge is 0.152 e. The summed E-state index contributed by atoms with van der Waals surface area (Å²) in [6.45, 7) is 7.73. The van der Waals surface area contributed by atoms with Gasteiger partial charge in [-0.3, -0.25) is 0 Å². The first-order valence-electron chi connectivity index (χ1n) is 6.61. The highest BCUT2D eigenvalue weighted by molar-refractivity contribution is 7.91. The van der Waals surface area contributed by atoms with Crippen LogP contribution in [-0.2, 0) is 9.84 Å². The van der Waals surface area contributed by atoms with Gasteiger partial charge in [0.1, 0.15) is 0 Å². The lowest BCUT2D eigenvalue weighted by Crippen LogP contribution is -2.17. The van der Waals surface area contributed by atoms with E-state index in [4.69, 9.17) is 0 Å². The highest BCUT2D eigenvalue weighted by atomic mass is 32.2. The highest BCUT2D eigenvalue weighted by Crippen LogP contribution is 2.21. The van der Waals surface area contributed by atoms with E-state index >= 15 is 0 Å². The van der Waals surface area contributed by atoms with E-state index in [9.17, 15) is 8.42 Å². The summed E-state index contributed by atoms with van der Waals surface area (Å²) in [5.41, 5.74) is 2.55. The number of aryl methyl sites for hydroxylation is 1. The average molecular weight is 268 g/mol. The molecule has 0 spiro atoms. The van der Waals surface area contributed by atoms with Gasteiger partial charge in [-0.15, -0.1) is 0 Å². The summed E-state index contributed by atoms with van der Waals surface area (Å²) in [6.07, 6.45) is 1.67. The fourth-order valence-electron chi connectivity index (χ4n) is 1.89. The Morgan fingerprint density at radius 1 is 1.06 bits per heavy atom. The molecule has 0 unspecified atom stereocenters. The Labute approximate surface area is 111 Å². The van der Waals surface area contributed by atoms with Crippen LogP contribution in [0.15, 0.2) is 24.3 Å². The van der Waals surface area contributed by atoms with Crippen molar-refractivity contribution in [3.05, 3.63) is 35.4 Å². The van der Waals surface area contributed by atoms with Crippen molar-refractivity contribution >= 4 is 9.84 Å². The van der Waals surface area contributed by atoms with Crippen molar-refractivity contribution < 1.29 is 8.42 Å². The summed E-state index contributed by atoms with van der Waals surface area (Å²) in [5, 5.41) is -0.257. The molecule has 0 N–H and O–H groups in total. The first-order valence-corrected chi connectivity index (χ1v) is 8.32. The quantitative estimate of drug-likeness (QED) is 0.788. The summed E-state index contributed by atoms with van der Waals surface area (Å²) >= 11 is 0. The normalized spacial score (nSPS) is 13.8.